The summed E-state index contributed by atoms with van der Waals surface area (Å²) in [5.41, 5.74) is 0.385. The molecule has 2 atom stereocenters. The number of hydrogen-bond donors (Lipinski definition) is 2. The average Bonchev–Trinajstić information content (AvgIpc) is 3.01. The van der Waals surface area contributed by atoms with Crippen molar-refractivity contribution in [2.24, 2.45) is 14.1 Å². The highest BCUT2D eigenvalue weighted by Crippen LogP contribution is 2.23. The van der Waals surface area contributed by atoms with E-state index < -0.39 is 17.4 Å². The van der Waals surface area contributed by atoms with Gasteiger partial charge >= 0.3 is 5.69 Å². The van der Waals surface area contributed by atoms with Gasteiger partial charge in [0.15, 0.2) is 11.2 Å². The second-order valence-electron chi connectivity index (χ2n) is 7.48. The lowest BCUT2D eigenvalue weighted by Crippen LogP contribution is -2.39. The number of aliphatic hydroxyl groups excluding tert-OH is 1. The highest BCUT2D eigenvalue weighted by molar-refractivity contribution is 6.42. The third-order valence-electron chi connectivity index (χ3n) is 5.14. The van der Waals surface area contributed by atoms with E-state index in [1.165, 1.54) is 4.57 Å². The number of fused-ring (bicyclic) bond motifs is 1. The van der Waals surface area contributed by atoms with Crippen LogP contribution in [0.4, 0.5) is 5.95 Å². The van der Waals surface area contributed by atoms with Crippen molar-refractivity contribution in [3.05, 3.63) is 54.6 Å². The van der Waals surface area contributed by atoms with Gasteiger partial charge in [-0.05, 0) is 37.5 Å². The molecule has 162 valence electrons. The Morgan fingerprint density at radius 3 is 2.47 bits per heavy atom. The summed E-state index contributed by atoms with van der Waals surface area (Å²) in [5, 5.41) is 13.7. The van der Waals surface area contributed by atoms with Gasteiger partial charge in [-0.25, -0.2) is 4.79 Å². The molecule has 0 aliphatic heterocycles. The number of halogens is 2. The molecule has 1 aromatic carbocycles. The fourth-order valence-corrected chi connectivity index (χ4v) is 3.78. The zero-order chi connectivity index (χ0) is 22.2. The van der Waals surface area contributed by atoms with Crippen molar-refractivity contribution >= 4 is 40.3 Å². The highest BCUT2D eigenvalue weighted by Gasteiger charge is 2.20. The molecule has 0 fully saturated rings. The lowest BCUT2D eigenvalue weighted by Gasteiger charge is -2.18. The van der Waals surface area contributed by atoms with Crippen LogP contribution in [0.5, 0.6) is 0 Å². The lowest BCUT2D eigenvalue weighted by atomic mass is 10.1. The number of imidazole rings is 1. The molecule has 2 heterocycles. The summed E-state index contributed by atoms with van der Waals surface area (Å²) in [6, 6.07) is 4.98. The van der Waals surface area contributed by atoms with Crippen LogP contribution >= 0.6 is 23.2 Å². The zero-order valence-electron chi connectivity index (χ0n) is 17.3. The fraction of sp³-hybridized carbons (Fsp3) is 0.450. The molecule has 3 aromatic rings. The first-order valence-corrected chi connectivity index (χ1v) is 10.4. The molecule has 2 N–H and O–H groups in total. The summed E-state index contributed by atoms with van der Waals surface area (Å²) < 4.78 is 4.16. The molecule has 10 heteroatoms. The molecule has 30 heavy (non-hydrogen) atoms. The zero-order valence-corrected chi connectivity index (χ0v) is 18.8. The summed E-state index contributed by atoms with van der Waals surface area (Å²) in [6.07, 6.45) is 0.847. The molecular weight excluding hydrogens is 429 g/mol. The van der Waals surface area contributed by atoms with Crippen LogP contribution in [0, 0.1) is 0 Å². The van der Waals surface area contributed by atoms with Crippen molar-refractivity contribution in [2.45, 2.75) is 45.4 Å². The van der Waals surface area contributed by atoms with Gasteiger partial charge in [0.2, 0.25) is 5.95 Å². The maximum Gasteiger partial charge on any atom is 0.332 e. The fourth-order valence-electron chi connectivity index (χ4n) is 3.45. The smallest absolute Gasteiger partial charge is 0.332 e. The van der Waals surface area contributed by atoms with E-state index in [1.54, 1.807) is 43.8 Å². The SMILES string of the molecule is CC[C@@H](C[C@@H](C)O)Nc1nc2c(c(=O)n(Cc3ccc(Cl)c(Cl)c3)c(=O)n2C)n1C. The largest absolute Gasteiger partial charge is 0.393 e. The van der Waals surface area contributed by atoms with Gasteiger partial charge in [0.25, 0.3) is 5.56 Å². The first kappa shape index (κ1) is 22.4. The molecule has 2 aromatic heterocycles. The lowest BCUT2D eigenvalue weighted by molar-refractivity contribution is 0.176. The number of anilines is 1. The molecule has 0 saturated heterocycles. The van der Waals surface area contributed by atoms with E-state index in [9.17, 15) is 14.7 Å². The van der Waals surface area contributed by atoms with Crippen molar-refractivity contribution in [2.75, 3.05) is 5.32 Å². The monoisotopic (exact) mass is 453 g/mol. The van der Waals surface area contributed by atoms with Crippen LogP contribution in [0.1, 0.15) is 32.3 Å². The molecule has 0 amide bonds. The molecule has 0 unspecified atom stereocenters. The van der Waals surface area contributed by atoms with Crippen LogP contribution in [-0.4, -0.2) is 35.9 Å². The quantitative estimate of drug-likeness (QED) is 0.573. The molecule has 0 radical (unpaired) electrons. The molecule has 0 spiro atoms. The van der Waals surface area contributed by atoms with Gasteiger partial charge in [-0.15, -0.1) is 0 Å². The maximum absolute atomic E-state index is 13.2. The summed E-state index contributed by atoms with van der Waals surface area (Å²) >= 11 is 12.0. The Hall–Kier alpha value is -2.29. The minimum atomic E-state index is -0.473. The maximum atomic E-state index is 13.2. The number of benzene rings is 1. The van der Waals surface area contributed by atoms with Crippen LogP contribution in [-0.2, 0) is 20.6 Å². The van der Waals surface area contributed by atoms with E-state index in [2.05, 4.69) is 10.3 Å². The standard InChI is InChI=1S/C20H25Cl2N5O3/c1-5-13(8-11(2)28)23-19-24-17-16(25(19)3)18(29)27(20(30)26(17)4)10-12-6-7-14(21)15(22)9-12/h6-7,9,11,13,28H,5,8,10H2,1-4H3,(H,23,24)/t11-,13+/m1/s1. The average molecular weight is 454 g/mol. The van der Waals surface area contributed by atoms with E-state index in [0.717, 1.165) is 11.0 Å². The first-order valence-electron chi connectivity index (χ1n) is 9.68. The van der Waals surface area contributed by atoms with Crippen LogP contribution in [0.2, 0.25) is 10.0 Å². The summed E-state index contributed by atoms with van der Waals surface area (Å²) in [5.74, 6) is 0.469. The van der Waals surface area contributed by atoms with E-state index in [1.807, 2.05) is 6.92 Å². The molecule has 0 saturated carbocycles. The summed E-state index contributed by atoms with van der Waals surface area (Å²) in [7, 11) is 3.31. The Kier molecular flexibility index (Phi) is 6.59. The highest BCUT2D eigenvalue weighted by atomic mass is 35.5. The first-order chi connectivity index (χ1) is 14.1. The topological polar surface area (TPSA) is 94.1 Å². The second-order valence-corrected chi connectivity index (χ2v) is 8.30. The van der Waals surface area contributed by atoms with Gasteiger partial charge < -0.3 is 15.0 Å². The van der Waals surface area contributed by atoms with Crippen LogP contribution in [0.3, 0.4) is 0 Å². The van der Waals surface area contributed by atoms with Crippen LogP contribution in [0.25, 0.3) is 11.2 Å². The number of nitrogens with one attached hydrogen (secondary N) is 1. The van der Waals surface area contributed by atoms with E-state index >= 15 is 0 Å². The Morgan fingerprint density at radius 2 is 1.87 bits per heavy atom. The van der Waals surface area contributed by atoms with E-state index in [-0.39, 0.29) is 12.6 Å². The molecular formula is C20H25Cl2N5O3. The van der Waals surface area contributed by atoms with Crippen LogP contribution < -0.4 is 16.6 Å². The number of rotatable bonds is 7. The normalized spacial score (nSPS) is 13.6. The van der Waals surface area contributed by atoms with Crippen molar-refractivity contribution in [1.82, 2.24) is 18.7 Å². The minimum Gasteiger partial charge on any atom is -0.393 e. The number of aliphatic hydroxyl groups is 1. The van der Waals surface area contributed by atoms with Crippen molar-refractivity contribution in [1.29, 1.82) is 0 Å². The Labute approximate surface area is 183 Å². The third kappa shape index (κ3) is 4.26. The van der Waals surface area contributed by atoms with E-state index in [0.29, 0.717) is 39.1 Å². The molecule has 0 bridgehead atoms. The predicted molar refractivity (Wildman–Crippen MR) is 120 cm³/mol. The van der Waals surface area contributed by atoms with Crippen molar-refractivity contribution in [3.8, 4) is 0 Å². The molecule has 0 aliphatic rings. The Bertz CT molecular complexity index is 1200. The van der Waals surface area contributed by atoms with Gasteiger partial charge in [0.05, 0.1) is 22.7 Å². The predicted octanol–water partition coefficient (Wildman–Crippen LogP) is 2.75. The number of hydrogen-bond acceptors (Lipinski definition) is 5. The van der Waals surface area contributed by atoms with Gasteiger partial charge in [0.1, 0.15) is 0 Å². The number of nitrogens with zero attached hydrogens (tertiary/aromatic N) is 4. The molecule has 8 nitrogen and oxygen atoms in total. The van der Waals surface area contributed by atoms with Gasteiger partial charge in [-0.3, -0.25) is 13.9 Å². The van der Waals surface area contributed by atoms with Gasteiger partial charge in [-0.1, -0.05) is 36.2 Å². The summed E-state index contributed by atoms with van der Waals surface area (Å²) in [6.45, 7) is 3.79. The van der Waals surface area contributed by atoms with Crippen molar-refractivity contribution < 1.29 is 5.11 Å². The second kappa shape index (κ2) is 8.83. The number of aromatic nitrogens is 4. The Morgan fingerprint density at radius 1 is 1.17 bits per heavy atom. The van der Waals surface area contributed by atoms with Crippen LogP contribution in [0.15, 0.2) is 27.8 Å². The molecule has 3 rings (SSSR count). The van der Waals surface area contributed by atoms with Gasteiger partial charge in [0, 0.05) is 20.1 Å². The van der Waals surface area contributed by atoms with E-state index in [4.69, 9.17) is 23.2 Å². The summed E-state index contributed by atoms with van der Waals surface area (Å²) in [4.78, 5) is 30.5. The third-order valence-corrected chi connectivity index (χ3v) is 5.88. The number of aryl methyl sites for hydroxylation is 2. The Balaban J connectivity index is 2.09. The van der Waals surface area contributed by atoms with Crippen molar-refractivity contribution in [3.63, 3.8) is 0 Å². The molecule has 0 aliphatic carbocycles. The van der Waals surface area contributed by atoms with Gasteiger partial charge in [-0.2, -0.15) is 4.98 Å². The minimum absolute atomic E-state index is 0.0176.